The number of halogens is 3. The van der Waals surface area contributed by atoms with E-state index in [1.807, 2.05) is 9.44 Å². The maximum Gasteiger partial charge on any atom is 0.300 e. The van der Waals surface area contributed by atoms with E-state index in [4.69, 9.17) is 11.6 Å². The Morgan fingerprint density at radius 3 is 2.55 bits per heavy atom. The fraction of sp³-hybridized carbons (Fsp3) is 0.158. The van der Waals surface area contributed by atoms with Crippen molar-refractivity contribution >= 4 is 27.6 Å². The molecule has 2 aromatic heterocycles. The van der Waals surface area contributed by atoms with Gasteiger partial charge in [-0.2, -0.15) is 8.42 Å². The van der Waals surface area contributed by atoms with Gasteiger partial charge in [0.15, 0.2) is 11.6 Å². The predicted molar refractivity (Wildman–Crippen MR) is 108 cm³/mol. The van der Waals surface area contributed by atoms with Crippen LogP contribution in [0.15, 0.2) is 42.9 Å². The molecule has 0 saturated heterocycles. The van der Waals surface area contributed by atoms with Crippen LogP contribution in [-0.4, -0.2) is 25.4 Å². The van der Waals surface area contributed by atoms with Gasteiger partial charge in [-0.1, -0.05) is 23.7 Å². The van der Waals surface area contributed by atoms with E-state index >= 15 is 0 Å². The van der Waals surface area contributed by atoms with E-state index in [1.54, 1.807) is 25.3 Å². The average Bonchev–Trinajstić information content (AvgIpc) is 2.69. The fourth-order valence-corrected chi connectivity index (χ4v) is 3.48. The van der Waals surface area contributed by atoms with Gasteiger partial charge in [-0.3, -0.25) is 9.71 Å². The van der Waals surface area contributed by atoms with Crippen LogP contribution in [-0.2, 0) is 16.6 Å². The van der Waals surface area contributed by atoms with Crippen molar-refractivity contribution in [3.05, 3.63) is 76.2 Å². The normalized spacial score (nSPS) is 11.5. The Kier molecular flexibility index (Phi) is 6.11. The summed E-state index contributed by atoms with van der Waals surface area (Å²) in [6, 6.07) is 6.12. The van der Waals surface area contributed by atoms with Gasteiger partial charge in [0.05, 0.1) is 5.02 Å². The molecule has 3 rings (SSSR count). The van der Waals surface area contributed by atoms with Crippen LogP contribution in [0.3, 0.4) is 0 Å². The maximum atomic E-state index is 14.8. The van der Waals surface area contributed by atoms with Gasteiger partial charge in [0.1, 0.15) is 5.82 Å². The van der Waals surface area contributed by atoms with Crippen molar-refractivity contribution < 1.29 is 17.2 Å². The Labute approximate surface area is 172 Å². The first kappa shape index (κ1) is 21.1. The van der Waals surface area contributed by atoms with Crippen molar-refractivity contribution in [1.82, 2.24) is 14.7 Å². The van der Waals surface area contributed by atoms with Crippen LogP contribution >= 0.6 is 11.6 Å². The second-order valence-corrected chi connectivity index (χ2v) is 8.22. The summed E-state index contributed by atoms with van der Waals surface area (Å²) >= 11 is 5.88. The van der Waals surface area contributed by atoms with Crippen LogP contribution in [0.5, 0.6) is 0 Å². The summed E-state index contributed by atoms with van der Waals surface area (Å²) in [7, 11) is -2.72. The Hall–Kier alpha value is -2.62. The van der Waals surface area contributed by atoms with Crippen LogP contribution in [0.25, 0.3) is 11.1 Å². The summed E-state index contributed by atoms with van der Waals surface area (Å²) in [5, 5.41) is -0.00561. The Morgan fingerprint density at radius 2 is 1.83 bits per heavy atom. The third kappa shape index (κ3) is 4.52. The number of hydrogen-bond donors (Lipinski definition) is 2. The van der Waals surface area contributed by atoms with Crippen LogP contribution in [0.1, 0.15) is 16.7 Å². The number of benzene rings is 1. The zero-order valence-corrected chi connectivity index (χ0v) is 17.1. The number of nitrogens with zero attached hydrogens (tertiary/aromatic N) is 2. The zero-order chi connectivity index (χ0) is 21.2. The molecule has 0 aliphatic carbocycles. The van der Waals surface area contributed by atoms with Crippen molar-refractivity contribution in [3.8, 4) is 11.1 Å². The van der Waals surface area contributed by atoms with Gasteiger partial charge in [0.25, 0.3) is 10.2 Å². The first-order valence-corrected chi connectivity index (χ1v) is 10.3. The highest BCUT2D eigenvalue weighted by atomic mass is 35.5. The lowest BCUT2D eigenvalue weighted by molar-refractivity contribution is 0.589. The Bertz CT molecular complexity index is 1170. The van der Waals surface area contributed by atoms with Crippen molar-refractivity contribution in [2.45, 2.75) is 13.3 Å². The third-order valence-corrected chi connectivity index (χ3v) is 5.70. The van der Waals surface area contributed by atoms with E-state index in [0.29, 0.717) is 22.3 Å². The summed E-state index contributed by atoms with van der Waals surface area (Å²) in [6.07, 6.45) is 4.48. The van der Waals surface area contributed by atoms with E-state index < -0.39 is 27.7 Å². The van der Waals surface area contributed by atoms with Crippen LogP contribution < -0.4 is 9.44 Å². The number of aromatic nitrogens is 2. The average molecular weight is 439 g/mol. The third-order valence-electron chi connectivity index (χ3n) is 4.41. The van der Waals surface area contributed by atoms with Gasteiger partial charge >= 0.3 is 0 Å². The highest BCUT2D eigenvalue weighted by Crippen LogP contribution is 2.31. The highest BCUT2D eigenvalue weighted by molar-refractivity contribution is 7.90. The molecule has 0 radical (unpaired) electrons. The predicted octanol–water partition coefficient (Wildman–Crippen LogP) is 3.85. The van der Waals surface area contributed by atoms with Crippen LogP contribution in [0.4, 0.5) is 14.6 Å². The first-order chi connectivity index (χ1) is 13.7. The molecule has 0 fully saturated rings. The molecule has 2 heterocycles. The molecule has 0 aliphatic heterocycles. The lowest BCUT2D eigenvalue weighted by Gasteiger charge is -2.14. The van der Waals surface area contributed by atoms with Crippen molar-refractivity contribution in [2.75, 3.05) is 11.8 Å². The monoisotopic (exact) mass is 438 g/mol. The second kappa shape index (κ2) is 8.40. The Balaban J connectivity index is 1.99. The van der Waals surface area contributed by atoms with Gasteiger partial charge < -0.3 is 0 Å². The molecule has 152 valence electrons. The molecule has 0 bridgehead atoms. The molecule has 1 aromatic carbocycles. The van der Waals surface area contributed by atoms with Crippen molar-refractivity contribution in [3.63, 3.8) is 0 Å². The molecule has 0 aliphatic rings. The lowest BCUT2D eigenvalue weighted by Crippen LogP contribution is -2.27. The van der Waals surface area contributed by atoms with E-state index in [9.17, 15) is 17.2 Å². The first-order valence-electron chi connectivity index (χ1n) is 8.46. The van der Waals surface area contributed by atoms with Gasteiger partial charge in [-0.05, 0) is 35.7 Å². The van der Waals surface area contributed by atoms with Gasteiger partial charge in [-0.25, -0.2) is 18.5 Å². The lowest BCUT2D eigenvalue weighted by atomic mass is 9.95. The molecule has 0 saturated carbocycles. The number of anilines is 1. The van der Waals surface area contributed by atoms with Crippen LogP contribution in [0.2, 0.25) is 5.02 Å². The molecule has 0 spiro atoms. The van der Waals surface area contributed by atoms with E-state index in [2.05, 4.69) is 9.97 Å². The summed E-state index contributed by atoms with van der Waals surface area (Å²) in [4.78, 5) is 7.88. The summed E-state index contributed by atoms with van der Waals surface area (Å²) in [6.45, 7) is 1.77. The molecular formula is C19H17ClF2N4O2S. The minimum atomic E-state index is -3.91. The minimum Gasteiger partial charge on any atom is -0.264 e. The molecule has 29 heavy (non-hydrogen) atoms. The largest absolute Gasteiger partial charge is 0.300 e. The molecule has 0 amide bonds. The zero-order valence-electron chi connectivity index (χ0n) is 15.5. The summed E-state index contributed by atoms with van der Waals surface area (Å²) in [5.41, 5.74) is 2.39. The minimum absolute atomic E-state index is 0.00561. The Morgan fingerprint density at radius 1 is 1.07 bits per heavy atom. The molecule has 6 nitrogen and oxygen atoms in total. The molecule has 0 atom stereocenters. The number of hydrogen-bond acceptors (Lipinski definition) is 4. The molecule has 0 unspecified atom stereocenters. The SMILES string of the molecule is CNS(=O)(=O)Nc1nccc(Cc2cncc(-c3cccc(Cl)c3F)c2C)c1F. The quantitative estimate of drug-likeness (QED) is 0.612. The molecule has 2 N–H and O–H groups in total. The molecule has 10 heteroatoms. The number of pyridine rings is 2. The number of rotatable bonds is 6. The van der Waals surface area contributed by atoms with Crippen LogP contribution in [0, 0.1) is 18.6 Å². The fourth-order valence-electron chi connectivity index (χ4n) is 2.80. The van der Waals surface area contributed by atoms with Gasteiger partial charge in [0.2, 0.25) is 0 Å². The second-order valence-electron chi connectivity index (χ2n) is 6.19. The topological polar surface area (TPSA) is 84.0 Å². The van der Waals surface area contributed by atoms with E-state index in [0.717, 1.165) is 0 Å². The maximum absolute atomic E-state index is 14.8. The highest BCUT2D eigenvalue weighted by Gasteiger charge is 2.18. The summed E-state index contributed by atoms with van der Waals surface area (Å²) < 4.78 is 56.5. The summed E-state index contributed by atoms with van der Waals surface area (Å²) in [5.74, 6) is -1.78. The molecule has 3 aromatic rings. The molecular weight excluding hydrogens is 422 g/mol. The number of nitrogens with one attached hydrogen (secondary N) is 2. The van der Waals surface area contributed by atoms with Crippen molar-refractivity contribution in [1.29, 1.82) is 0 Å². The van der Waals surface area contributed by atoms with Gasteiger partial charge in [-0.15, -0.1) is 0 Å². The van der Waals surface area contributed by atoms with Crippen molar-refractivity contribution in [2.24, 2.45) is 0 Å². The van der Waals surface area contributed by atoms with E-state index in [-0.39, 0.29) is 17.0 Å². The van der Waals surface area contributed by atoms with Gasteiger partial charge in [0, 0.05) is 43.2 Å². The van der Waals surface area contributed by atoms with E-state index in [1.165, 1.54) is 31.6 Å². The smallest absolute Gasteiger partial charge is 0.264 e. The standard InChI is InChI=1S/C19H17ClF2N4O2S/c1-11-13(9-24-10-15(11)14-4-3-5-16(20)18(14)22)8-12-6-7-25-19(17(12)21)26-29(27,28)23-2/h3-7,9-10,23H,8H2,1-2H3,(H,25,26).